The van der Waals surface area contributed by atoms with Crippen molar-refractivity contribution in [1.29, 1.82) is 0 Å². The fraction of sp³-hybridized carbons (Fsp3) is 0.0476. The van der Waals surface area contributed by atoms with Gasteiger partial charge in [0.25, 0.3) is 0 Å². The van der Waals surface area contributed by atoms with Crippen LogP contribution in [-0.4, -0.2) is 14.5 Å². The van der Waals surface area contributed by atoms with Crippen molar-refractivity contribution < 1.29 is 29.8 Å². The molecule has 0 bridgehead atoms. The van der Waals surface area contributed by atoms with Gasteiger partial charge in [-0.3, -0.25) is 4.98 Å². The summed E-state index contributed by atoms with van der Waals surface area (Å²) >= 11 is 0. The molecule has 48 heavy (non-hydrogen) atoms. The maximum atomic E-state index is 14.7. The van der Waals surface area contributed by atoms with Crippen molar-refractivity contribution in [2.45, 2.75) is 12.3 Å². The predicted molar refractivity (Wildman–Crippen MR) is 180 cm³/mol. The number of para-hydroxylation sites is 1. The second kappa shape index (κ2) is 10.4. The molecule has 0 amide bonds. The van der Waals surface area contributed by atoms with Crippen molar-refractivity contribution in [3.63, 3.8) is 0 Å². The largest absolute Gasteiger partial charge is 2.00 e. The number of benzene rings is 5. The molecule has 3 aromatic heterocycles. The van der Waals surface area contributed by atoms with Crippen LogP contribution in [0.2, 0.25) is 0 Å². The molecule has 1 spiro atoms. The third kappa shape index (κ3) is 3.77. The zero-order chi connectivity index (χ0) is 31.4. The van der Waals surface area contributed by atoms with Crippen molar-refractivity contribution in [2.75, 3.05) is 0 Å². The Hall–Kier alpha value is -5.25. The Kier molecular flexibility index (Phi) is 6.25. The zero-order valence-electron chi connectivity index (χ0n) is 25.5. The van der Waals surface area contributed by atoms with Crippen LogP contribution < -0.4 is 0 Å². The quantitative estimate of drug-likeness (QED) is 0.163. The summed E-state index contributed by atoms with van der Waals surface area (Å²) in [4.78, 5) is 10.2. The number of halogens is 2. The fourth-order valence-corrected chi connectivity index (χ4v) is 7.99. The number of aromatic nitrogens is 3. The van der Waals surface area contributed by atoms with Crippen LogP contribution in [0.15, 0.2) is 121 Å². The first-order valence-electron chi connectivity index (χ1n) is 15.6. The van der Waals surface area contributed by atoms with Crippen LogP contribution in [0.3, 0.4) is 0 Å². The Balaban J connectivity index is 0.00000314. The van der Waals surface area contributed by atoms with E-state index in [2.05, 4.69) is 59.2 Å². The van der Waals surface area contributed by atoms with Gasteiger partial charge in [0, 0.05) is 16.6 Å². The molecule has 0 radical (unpaired) electrons. The van der Waals surface area contributed by atoms with Gasteiger partial charge in [-0.1, -0.05) is 59.5 Å². The van der Waals surface area contributed by atoms with E-state index in [0.29, 0.717) is 11.1 Å². The number of fused-ring (bicyclic) bond motifs is 13. The van der Waals surface area contributed by atoms with E-state index < -0.39 is 5.41 Å². The number of rotatable bonds is 2. The zero-order valence-corrected chi connectivity index (χ0v) is 27.7. The summed E-state index contributed by atoms with van der Waals surface area (Å²) in [7, 11) is 0. The van der Waals surface area contributed by atoms with Crippen LogP contribution in [0.25, 0.3) is 61.3 Å². The van der Waals surface area contributed by atoms with E-state index in [1.54, 1.807) is 0 Å². The normalized spacial score (nSPS) is 13.3. The van der Waals surface area contributed by atoms with Crippen molar-refractivity contribution in [2.24, 2.45) is 0 Å². The number of aryl methyl sites for hydroxylation is 1. The first-order chi connectivity index (χ1) is 23.0. The topological polar surface area (TPSA) is 30.7 Å². The Labute approximate surface area is 289 Å². The molecule has 0 aliphatic heterocycles. The van der Waals surface area contributed by atoms with Gasteiger partial charge in [0.1, 0.15) is 17.5 Å². The molecule has 0 atom stereocenters. The molecule has 5 aromatic carbocycles. The summed E-state index contributed by atoms with van der Waals surface area (Å²) in [6, 6.07) is 45.5. The number of pyridine rings is 2. The van der Waals surface area contributed by atoms with Crippen LogP contribution >= 0.6 is 0 Å². The SMILES string of the molecule is Cc1cccc(-c2[c-]c3c(cc2)c2ccccc2n3-c2ccc3c(n2)-c2[c-]cccc2C32c3ccc(F)cc3-c3cc(F)ccc32)n1.[Pt+2]. The maximum Gasteiger partial charge on any atom is 2.00 e. The fourth-order valence-electron chi connectivity index (χ4n) is 7.99. The smallest absolute Gasteiger partial charge is 0.313 e. The van der Waals surface area contributed by atoms with Gasteiger partial charge in [0.05, 0.1) is 0 Å². The molecule has 6 heteroatoms. The average Bonchev–Trinajstić information content (AvgIpc) is 3.68. The summed E-state index contributed by atoms with van der Waals surface area (Å²) in [5.41, 5.74) is 10.7. The molecule has 8 aromatic rings. The molecule has 0 N–H and O–H groups in total. The van der Waals surface area contributed by atoms with E-state index in [4.69, 9.17) is 9.97 Å². The predicted octanol–water partition coefficient (Wildman–Crippen LogP) is 9.77. The van der Waals surface area contributed by atoms with Gasteiger partial charge >= 0.3 is 21.1 Å². The van der Waals surface area contributed by atoms with E-state index in [0.717, 1.165) is 78.1 Å². The van der Waals surface area contributed by atoms with Gasteiger partial charge in [-0.2, -0.15) is 0 Å². The molecular weight excluding hydrogens is 780 g/mol. The maximum absolute atomic E-state index is 14.7. The molecular formula is C42H23F2N3Pt. The van der Waals surface area contributed by atoms with Gasteiger partial charge in [0.2, 0.25) is 0 Å². The van der Waals surface area contributed by atoms with Crippen LogP contribution in [0.5, 0.6) is 0 Å². The van der Waals surface area contributed by atoms with Gasteiger partial charge in [-0.15, -0.1) is 59.2 Å². The van der Waals surface area contributed by atoms with Crippen molar-refractivity contribution in [3.8, 4) is 39.5 Å². The molecule has 230 valence electrons. The van der Waals surface area contributed by atoms with Crippen molar-refractivity contribution >= 4 is 21.8 Å². The van der Waals surface area contributed by atoms with E-state index in [9.17, 15) is 8.78 Å². The second-order valence-electron chi connectivity index (χ2n) is 12.3. The number of hydrogen-bond acceptors (Lipinski definition) is 2. The minimum atomic E-state index is -0.781. The monoisotopic (exact) mass is 802 g/mol. The van der Waals surface area contributed by atoms with Gasteiger partial charge < -0.3 is 9.55 Å². The Bertz CT molecular complexity index is 2590. The Morgan fingerprint density at radius 2 is 1.42 bits per heavy atom. The van der Waals surface area contributed by atoms with Gasteiger partial charge in [-0.05, 0) is 93.9 Å². The van der Waals surface area contributed by atoms with E-state index in [1.165, 1.54) is 24.3 Å². The van der Waals surface area contributed by atoms with E-state index in [1.807, 2.05) is 61.5 Å². The minimum absolute atomic E-state index is 0. The van der Waals surface area contributed by atoms with Crippen molar-refractivity contribution in [3.05, 3.63) is 173 Å². The van der Waals surface area contributed by atoms with E-state index in [-0.39, 0.29) is 32.7 Å². The molecule has 2 aliphatic rings. The van der Waals surface area contributed by atoms with Crippen LogP contribution in [0, 0.1) is 30.7 Å². The Morgan fingerprint density at radius 1 is 0.667 bits per heavy atom. The molecule has 3 heterocycles. The number of nitrogens with zero attached hydrogens (tertiary/aromatic N) is 3. The van der Waals surface area contributed by atoms with Crippen LogP contribution in [-0.2, 0) is 26.5 Å². The minimum Gasteiger partial charge on any atom is -0.313 e. The summed E-state index contributed by atoms with van der Waals surface area (Å²) in [6.07, 6.45) is 0. The third-order valence-corrected chi connectivity index (χ3v) is 9.82. The van der Waals surface area contributed by atoms with Gasteiger partial charge in [-0.25, -0.2) is 8.78 Å². The van der Waals surface area contributed by atoms with Crippen molar-refractivity contribution in [1.82, 2.24) is 14.5 Å². The van der Waals surface area contributed by atoms with Crippen LogP contribution in [0.1, 0.15) is 27.9 Å². The summed E-state index contributed by atoms with van der Waals surface area (Å²) in [6.45, 7) is 1.99. The molecule has 10 rings (SSSR count). The molecule has 2 aliphatic carbocycles. The second-order valence-corrected chi connectivity index (χ2v) is 12.3. The Morgan fingerprint density at radius 3 is 2.19 bits per heavy atom. The molecule has 0 saturated heterocycles. The number of hydrogen-bond donors (Lipinski definition) is 0. The van der Waals surface area contributed by atoms with Gasteiger partial charge in [0.15, 0.2) is 0 Å². The standard InChI is InChI=1S/C42H23F2N3.Pt/c1-24-7-6-11-37(45-24)25-13-16-29-28-8-3-5-12-38(28)47(39(29)21-25)40-20-19-36-41(46-40)30-9-2-4-10-33(30)42(36)34-17-14-26(43)22-31(34)32-23-27(44)15-18-35(32)42;/h2-8,10-20,22-23H,1H3;/q-2;+2. The summed E-state index contributed by atoms with van der Waals surface area (Å²) < 4.78 is 31.6. The summed E-state index contributed by atoms with van der Waals surface area (Å²) in [5.74, 6) is 0.0354. The van der Waals surface area contributed by atoms with E-state index >= 15 is 0 Å². The first kappa shape index (κ1) is 28.9. The van der Waals surface area contributed by atoms with Crippen LogP contribution in [0.4, 0.5) is 8.78 Å². The first-order valence-corrected chi connectivity index (χ1v) is 15.6. The average molecular weight is 803 g/mol. The third-order valence-electron chi connectivity index (χ3n) is 9.82. The molecule has 0 unspecified atom stereocenters. The summed E-state index contributed by atoms with van der Waals surface area (Å²) in [5, 5.41) is 2.18. The molecule has 3 nitrogen and oxygen atoms in total. The molecule has 0 saturated carbocycles. The molecule has 0 fully saturated rings.